The van der Waals surface area contributed by atoms with Gasteiger partial charge in [0.1, 0.15) is 6.29 Å². The Morgan fingerprint density at radius 2 is 1.73 bits per heavy atom. The molecule has 4 rings (SSSR count). The molecule has 4 fully saturated rings. The molecule has 0 aliphatic heterocycles. The van der Waals surface area contributed by atoms with Crippen LogP contribution >= 0.6 is 0 Å². The molecule has 6 unspecified atom stereocenters. The fourth-order valence-corrected chi connectivity index (χ4v) is 9.05. The van der Waals surface area contributed by atoms with Crippen molar-refractivity contribution in [1.29, 1.82) is 0 Å². The van der Waals surface area contributed by atoms with Gasteiger partial charge in [0, 0.05) is 6.42 Å². The first kappa shape index (κ1) is 19.0. The van der Waals surface area contributed by atoms with E-state index in [1.54, 1.807) is 6.42 Å². The Bertz CT molecular complexity index is 512. The lowest BCUT2D eigenvalue weighted by Crippen LogP contribution is -2.55. The fourth-order valence-electron chi connectivity index (χ4n) is 9.05. The van der Waals surface area contributed by atoms with Crippen LogP contribution in [0.15, 0.2) is 0 Å². The van der Waals surface area contributed by atoms with E-state index in [0.717, 1.165) is 54.6 Å². The monoisotopic (exact) mass is 358 g/mol. The Kier molecular flexibility index (Phi) is 5.30. The Morgan fingerprint density at radius 1 is 0.923 bits per heavy atom. The molecule has 0 amide bonds. The van der Waals surface area contributed by atoms with Crippen molar-refractivity contribution in [2.45, 2.75) is 104 Å². The van der Waals surface area contributed by atoms with Crippen molar-refractivity contribution in [3.8, 4) is 0 Å². The largest absolute Gasteiger partial charge is 0.303 e. The summed E-state index contributed by atoms with van der Waals surface area (Å²) in [5, 5.41) is 0. The molecule has 148 valence electrons. The second kappa shape index (κ2) is 7.25. The van der Waals surface area contributed by atoms with E-state index in [9.17, 15) is 4.79 Å². The predicted molar refractivity (Wildman–Crippen MR) is 109 cm³/mol. The molecule has 4 saturated carbocycles. The van der Waals surface area contributed by atoms with E-state index in [-0.39, 0.29) is 0 Å². The van der Waals surface area contributed by atoms with Gasteiger partial charge in [0.05, 0.1) is 0 Å². The quantitative estimate of drug-likeness (QED) is 0.380. The molecule has 0 radical (unpaired) electrons. The molecular weight excluding hydrogens is 316 g/mol. The van der Waals surface area contributed by atoms with E-state index < -0.39 is 0 Å². The zero-order valence-electron chi connectivity index (χ0n) is 17.6. The molecule has 0 aromatic rings. The summed E-state index contributed by atoms with van der Waals surface area (Å²) in [6, 6.07) is 0. The van der Waals surface area contributed by atoms with Crippen LogP contribution in [0.3, 0.4) is 0 Å². The van der Waals surface area contributed by atoms with Crippen LogP contribution in [0, 0.1) is 46.3 Å². The van der Waals surface area contributed by atoms with Gasteiger partial charge in [0.15, 0.2) is 0 Å². The second-order valence-electron chi connectivity index (χ2n) is 11.1. The van der Waals surface area contributed by atoms with Gasteiger partial charge in [0.25, 0.3) is 0 Å². The Labute approximate surface area is 162 Å². The van der Waals surface area contributed by atoms with Crippen LogP contribution in [-0.2, 0) is 4.79 Å². The summed E-state index contributed by atoms with van der Waals surface area (Å²) in [5.41, 5.74) is 1.24. The maximum absolute atomic E-state index is 10.8. The number of carbonyl (C=O) groups excluding carboxylic acids is 1. The third-order valence-corrected chi connectivity index (χ3v) is 10.4. The van der Waals surface area contributed by atoms with Crippen LogP contribution in [0.2, 0.25) is 0 Å². The highest BCUT2D eigenvalue weighted by Gasteiger charge is 2.60. The summed E-state index contributed by atoms with van der Waals surface area (Å²) < 4.78 is 0. The SMILES string of the molecule is CC[C@H]1CC2C3CCC(CCCC=O)C3(C)CC[C@@H]2C2(C)CCCCC12. The van der Waals surface area contributed by atoms with Gasteiger partial charge in [-0.1, -0.05) is 40.0 Å². The molecule has 26 heavy (non-hydrogen) atoms. The van der Waals surface area contributed by atoms with Gasteiger partial charge < -0.3 is 4.79 Å². The minimum atomic E-state index is 0.584. The van der Waals surface area contributed by atoms with Crippen molar-refractivity contribution in [1.82, 2.24) is 0 Å². The standard InChI is InChI=1S/C25H42O/c1-4-18-17-20-22-12-11-19(9-6-8-16-26)24(22,2)15-13-23(20)25(3)14-7-5-10-21(18)25/h16,18-23H,4-15,17H2,1-3H3/t18-,19?,20?,21?,22?,23-,24?,25?/m0/s1. The third kappa shape index (κ3) is 2.82. The number of hydrogen-bond acceptors (Lipinski definition) is 1. The van der Waals surface area contributed by atoms with Crippen LogP contribution in [-0.4, -0.2) is 6.29 Å². The first-order valence-electron chi connectivity index (χ1n) is 12.0. The predicted octanol–water partition coefficient (Wildman–Crippen LogP) is 7.04. The molecule has 8 atom stereocenters. The van der Waals surface area contributed by atoms with Crippen LogP contribution in [0.25, 0.3) is 0 Å². The molecular formula is C25H42O. The Morgan fingerprint density at radius 3 is 2.50 bits per heavy atom. The summed E-state index contributed by atoms with van der Waals surface area (Å²) in [5.74, 6) is 5.92. The lowest BCUT2D eigenvalue weighted by Gasteiger charge is -2.62. The minimum Gasteiger partial charge on any atom is -0.303 e. The molecule has 1 heteroatoms. The van der Waals surface area contributed by atoms with E-state index in [4.69, 9.17) is 0 Å². The van der Waals surface area contributed by atoms with Crippen molar-refractivity contribution in [2.75, 3.05) is 0 Å². The average Bonchev–Trinajstić information content (AvgIpc) is 2.97. The molecule has 0 bridgehead atoms. The molecule has 4 aliphatic rings. The molecule has 0 aromatic carbocycles. The lowest BCUT2D eigenvalue weighted by molar-refractivity contribution is -0.135. The molecule has 0 spiro atoms. The van der Waals surface area contributed by atoms with Crippen LogP contribution in [0.5, 0.6) is 0 Å². The number of carbonyl (C=O) groups is 1. The second-order valence-corrected chi connectivity index (χ2v) is 11.1. The smallest absolute Gasteiger partial charge is 0.119 e. The number of unbranched alkanes of at least 4 members (excludes halogenated alkanes) is 1. The average molecular weight is 359 g/mol. The van der Waals surface area contributed by atoms with Gasteiger partial charge in [-0.2, -0.15) is 0 Å². The van der Waals surface area contributed by atoms with E-state index in [1.807, 2.05) is 0 Å². The van der Waals surface area contributed by atoms with Gasteiger partial charge in [-0.05, 0) is 104 Å². The molecule has 0 aromatic heterocycles. The summed E-state index contributed by atoms with van der Waals surface area (Å²) in [6.07, 6.45) is 19.2. The molecule has 1 nitrogen and oxygen atoms in total. The molecule has 4 aliphatic carbocycles. The maximum Gasteiger partial charge on any atom is 0.119 e. The number of hydrogen-bond donors (Lipinski definition) is 0. The molecule has 0 saturated heterocycles. The van der Waals surface area contributed by atoms with Gasteiger partial charge in [0.2, 0.25) is 0 Å². The zero-order chi connectivity index (χ0) is 18.4. The lowest BCUT2D eigenvalue weighted by atomic mass is 9.42. The molecule has 0 heterocycles. The Hall–Kier alpha value is -0.330. The van der Waals surface area contributed by atoms with Gasteiger partial charge >= 0.3 is 0 Å². The first-order valence-corrected chi connectivity index (χ1v) is 12.0. The highest BCUT2D eigenvalue weighted by molar-refractivity contribution is 5.48. The summed E-state index contributed by atoms with van der Waals surface area (Å²) in [4.78, 5) is 10.8. The van der Waals surface area contributed by atoms with E-state index in [1.165, 1.54) is 64.2 Å². The third-order valence-electron chi connectivity index (χ3n) is 10.4. The highest BCUT2D eigenvalue weighted by atomic mass is 16.1. The first-order chi connectivity index (χ1) is 12.5. The van der Waals surface area contributed by atoms with Gasteiger partial charge in [-0.3, -0.25) is 0 Å². The van der Waals surface area contributed by atoms with Crippen molar-refractivity contribution in [3.63, 3.8) is 0 Å². The number of fused-ring (bicyclic) bond motifs is 5. The number of aldehydes is 1. The fraction of sp³-hybridized carbons (Fsp3) is 0.960. The van der Waals surface area contributed by atoms with Crippen molar-refractivity contribution in [3.05, 3.63) is 0 Å². The van der Waals surface area contributed by atoms with E-state index in [0.29, 0.717) is 10.8 Å². The Balaban J connectivity index is 1.57. The van der Waals surface area contributed by atoms with E-state index >= 15 is 0 Å². The minimum absolute atomic E-state index is 0.584. The maximum atomic E-state index is 10.8. The zero-order valence-corrected chi connectivity index (χ0v) is 17.6. The molecule has 0 N–H and O–H groups in total. The van der Waals surface area contributed by atoms with Crippen LogP contribution in [0.1, 0.15) is 104 Å². The summed E-state index contributed by atoms with van der Waals surface area (Å²) in [6.45, 7) is 7.84. The summed E-state index contributed by atoms with van der Waals surface area (Å²) >= 11 is 0. The normalized spacial score (nSPS) is 50.6. The van der Waals surface area contributed by atoms with Gasteiger partial charge in [-0.15, -0.1) is 0 Å². The van der Waals surface area contributed by atoms with Crippen LogP contribution in [0.4, 0.5) is 0 Å². The van der Waals surface area contributed by atoms with Crippen molar-refractivity contribution < 1.29 is 4.79 Å². The summed E-state index contributed by atoms with van der Waals surface area (Å²) in [7, 11) is 0. The van der Waals surface area contributed by atoms with Crippen molar-refractivity contribution >= 4 is 6.29 Å². The topological polar surface area (TPSA) is 17.1 Å². The van der Waals surface area contributed by atoms with Crippen molar-refractivity contribution in [2.24, 2.45) is 46.3 Å². The highest BCUT2D eigenvalue weighted by Crippen LogP contribution is 2.69. The van der Waals surface area contributed by atoms with Crippen LogP contribution < -0.4 is 0 Å². The van der Waals surface area contributed by atoms with Gasteiger partial charge in [-0.25, -0.2) is 0 Å². The van der Waals surface area contributed by atoms with E-state index in [2.05, 4.69) is 20.8 Å². The number of rotatable bonds is 5.